The zero-order valence-electron chi connectivity index (χ0n) is 15.4. The molecule has 6 nitrogen and oxygen atoms in total. The fourth-order valence-corrected chi connectivity index (χ4v) is 3.34. The quantitative estimate of drug-likeness (QED) is 0.806. The summed E-state index contributed by atoms with van der Waals surface area (Å²) in [7, 11) is 3.06. The molecule has 0 saturated carbocycles. The first-order valence-electron chi connectivity index (χ1n) is 8.46. The molecule has 1 aromatic rings. The molecule has 1 aliphatic rings. The minimum atomic E-state index is -0.0737. The van der Waals surface area contributed by atoms with E-state index in [0.29, 0.717) is 35.2 Å². The number of halogens is 1. The Morgan fingerprint density at radius 1 is 1.36 bits per heavy atom. The number of likely N-dealkylation sites (tertiary alicyclic amines) is 1. The molecule has 0 aromatic heterocycles. The molecular formula is C18H28ClN3O3. The van der Waals surface area contributed by atoms with Crippen LogP contribution in [-0.4, -0.2) is 50.7 Å². The molecule has 1 amide bonds. The van der Waals surface area contributed by atoms with Gasteiger partial charge in [-0.3, -0.25) is 4.79 Å². The number of carbonyl (C=O) groups excluding carboxylic acids is 1. The van der Waals surface area contributed by atoms with Gasteiger partial charge >= 0.3 is 0 Å². The number of hydrogen-bond acceptors (Lipinski definition) is 5. The average molecular weight is 370 g/mol. The molecule has 140 valence electrons. The van der Waals surface area contributed by atoms with Gasteiger partial charge in [0.2, 0.25) is 5.91 Å². The third-order valence-corrected chi connectivity index (χ3v) is 5.09. The molecule has 0 spiro atoms. The minimum absolute atomic E-state index is 0.0709. The van der Waals surface area contributed by atoms with E-state index < -0.39 is 0 Å². The Kier molecular flexibility index (Phi) is 6.54. The summed E-state index contributed by atoms with van der Waals surface area (Å²) in [5.74, 6) is 0.920. The van der Waals surface area contributed by atoms with Crippen LogP contribution in [0.1, 0.15) is 26.7 Å². The van der Waals surface area contributed by atoms with Crippen LogP contribution in [0.25, 0.3) is 0 Å². The highest BCUT2D eigenvalue weighted by Crippen LogP contribution is 2.36. The zero-order valence-corrected chi connectivity index (χ0v) is 16.2. The number of rotatable bonds is 6. The minimum Gasteiger partial charge on any atom is -0.495 e. The fourth-order valence-electron chi connectivity index (χ4n) is 3.11. The van der Waals surface area contributed by atoms with Crippen LogP contribution in [-0.2, 0) is 4.79 Å². The molecule has 1 aliphatic heterocycles. The second kappa shape index (κ2) is 8.25. The number of ether oxygens (including phenoxy) is 2. The Hall–Kier alpha value is -1.50. The fraction of sp³-hybridized carbons (Fsp3) is 0.611. The van der Waals surface area contributed by atoms with Gasteiger partial charge in [0.1, 0.15) is 11.5 Å². The molecule has 1 saturated heterocycles. The van der Waals surface area contributed by atoms with Crippen molar-refractivity contribution in [3.8, 4) is 11.5 Å². The lowest BCUT2D eigenvalue weighted by Gasteiger charge is -2.42. The van der Waals surface area contributed by atoms with Gasteiger partial charge in [0.15, 0.2) is 0 Å². The van der Waals surface area contributed by atoms with E-state index >= 15 is 0 Å². The first-order valence-corrected chi connectivity index (χ1v) is 8.84. The number of nitrogens with one attached hydrogen (secondary N) is 1. The van der Waals surface area contributed by atoms with Crippen LogP contribution >= 0.6 is 11.6 Å². The summed E-state index contributed by atoms with van der Waals surface area (Å²) >= 11 is 6.08. The van der Waals surface area contributed by atoms with Crippen LogP contribution in [0.4, 0.5) is 5.69 Å². The van der Waals surface area contributed by atoms with Crippen LogP contribution in [0, 0.1) is 5.41 Å². The molecule has 2 rings (SSSR count). The summed E-state index contributed by atoms with van der Waals surface area (Å²) in [5, 5.41) is 3.31. The maximum Gasteiger partial charge on any atom is 0.225 e. The van der Waals surface area contributed by atoms with Crippen molar-refractivity contribution in [2.45, 2.75) is 32.7 Å². The molecule has 3 N–H and O–H groups in total. The van der Waals surface area contributed by atoms with Crippen molar-refractivity contribution in [1.82, 2.24) is 4.90 Å². The van der Waals surface area contributed by atoms with Gasteiger partial charge in [-0.05, 0) is 18.4 Å². The highest BCUT2D eigenvalue weighted by Gasteiger charge is 2.33. The van der Waals surface area contributed by atoms with Crippen molar-refractivity contribution >= 4 is 23.2 Å². The van der Waals surface area contributed by atoms with Gasteiger partial charge in [-0.15, -0.1) is 0 Å². The second-order valence-corrected chi connectivity index (χ2v) is 7.55. The van der Waals surface area contributed by atoms with E-state index in [-0.39, 0.29) is 17.4 Å². The number of carbonyl (C=O) groups is 1. The van der Waals surface area contributed by atoms with Crippen LogP contribution < -0.4 is 20.5 Å². The second-order valence-electron chi connectivity index (χ2n) is 7.15. The third-order valence-electron chi connectivity index (χ3n) is 4.79. The highest BCUT2D eigenvalue weighted by atomic mass is 35.5. The van der Waals surface area contributed by atoms with Gasteiger partial charge < -0.3 is 25.4 Å². The Balaban J connectivity index is 1.94. The summed E-state index contributed by atoms with van der Waals surface area (Å²) in [5.41, 5.74) is 6.78. The molecule has 25 heavy (non-hydrogen) atoms. The van der Waals surface area contributed by atoms with E-state index in [1.807, 2.05) is 0 Å². The monoisotopic (exact) mass is 369 g/mol. The van der Waals surface area contributed by atoms with E-state index in [1.54, 1.807) is 12.1 Å². The Bertz CT molecular complexity index is 622. The number of methoxy groups -OCH3 is 2. The van der Waals surface area contributed by atoms with Gasteiger partial charge in [-0.25, -0.2) is 0 Å². The lowest BCUT2D eigenvalue weighted by molar-refractivity contribution is -0.116. The zero-order chi connectivity index (χ0) is 18.6. The van der Waals surface area contributed by atoms with Crippen LogP contribution in [0.5, 0.6) is 11.5 Å². The lowest BCUT2D eigenvalue weighted by Crippen LogP contribution is -2.52. The smallest absolute Gasteiger partial charge is 0.225 e. The first kappa shape index (κ1) is 19.8. The Morgan fingerprint density at radius 2 is 2.04 bits per heavy atom. The van der Waals surface area contributed by atoms with E-state index in [1.165, 1.54) is 14.2 Å². The number of nitrogens with two attached hydrogens (primary N) is 1. The number of amides is 1. The van der Waals surface area contributed by atoms with Crippen LogP contribution in [0.15, 0.2) is 12.1 Å². The molecule has 1 atom stereocenters. The average Bonchev–Trinajstić information content (AvgIpc) is 2.57. The molecule has 1 heterocycles. The number of nitrogens with zero attached hydrogens (tertiary/aromatic N) is 1. The largest absolute Gasteiger partial charge is 0.495 e. The molecule has 1 fully saturated rings. The number of benzene rings is 1. The predicted octanol–water partition coefficient (Wildman–Crippen LogP) is 2.75. The predicted molar refractivity (Wildman–Crippen MR) is 101 cm³/mol. The van der Waals surface area contributed by atoms with Gasteiger partial charge in [0.05, 0.1) is 24.9 Å². The standard InChI is InChI=1S/C18H28ClN3O3/c1-18(2)11-22(7-5-16(18)20)8-6-17(23)21-13-10-14(24-3)12(19)9-15(13)25-4/h9-10,16H,5-8,11,20H2,1-4H3,(H,21,23). The molecule has 1 unspecified atom stereocenters. The molecule has 0 bridgehead atoms. The van der Waals surface area contributed by atoms with Crippen molar-refractivity contribution in [1.29, 1.82) is 0 Å². The van der Waals surface area contributed by atoms with E-state index in [0.717, 1.165) is 19.5 Å². The molecule has 0 aliphatic carbocycles. The van der Waals surface area contributed by atoms with Crippen molar-refractivity contribution < 1.29 is 14.3 Å². The molecule has 1 aromatic carbocycles. The molecule has 0 radical (unpaired) electrons. The van der Waals surface area contributed by atoms with Crippen molar-refractivity contribution in [2.75, 3.05) is 39.2 Å². The normalized spacial score (nSPS) is 20.2. The van der Waals surface area contributed by atoms with E-state index in [4.69, 9.17) is 26.8 Å². The van der Waals surface area contributed by atoms with Gasteiger partial charge in [-0.1, -0.05) is 25.4 Å². The summed E-state index contributed by atoms with van der Waals surface area (Å²) < 4.78 is 10.5. The first-order chi connectivity index (χ1) is 11.8. The summed E-state index contributed by atoms with van der Waals surface area (Å²) in [6.45, 7) is 6.88. The summed E-state index contributed by atoms with van der Waals surface area (Å²) in [4.78, 5) is 14.6. The van der Waals surface area contributed by atoms with Gasteiger partial charge in [-0.2, -0.15) is 0 Å². The lowest BCUT2D eigenvalue weighted by atomic mass is 9.80. The number of anilines is 1. The Morgan fingerprint density at radius 3 is 2.64 bits per heavy atom. The number of hydrogen-bond donors (Lipinski definition) is 2. The SMILES string of the molecule is COc1cc(NC(=O)CCN2CCC(N)C(C)(C)C2)c(OC)cc1Cl. The van der Waals surface area contributed by atoms with Crippen molar-refractivity contribution in [2.24, 2.45) is 11.1 Å². The van der Waals surface area contributed by atoms with Crippen molar-refractivity contribution in [3.05, 3.63) is 17.2 Å². The highest BCUT2D eigenvalue weighted by molar-refractivity contribution is 6.32. The summed E-state index contributed by atoms with van der Waals surface area (Å²) in [6, 6.07) is 3.51. The summed E-state index contributed by atoms with van der Waals surface area (Å²) in [6.07, 6.45) is 1.36. The van der Waals surface area contributed by atoms with Gasteiger partial charge in [0.25, 0.3) is 0 Å². The van der Waals surface area contributed by atoms with Crippen molar-refractivity contribution in [3.63, 3.8) is 0 Å². The third kappa shape index (κ3) is 5.00. The van der Waals surface area contributed by atoms with Gasteiger partial charge in [0, 0.05) is 37.7 Å². The topological polar surface area (TPSA) is 76.8 Å². The van der Waals surface area contributed by atoms with E-state index in [9.17, 15) is 4.79 Å². The maximum atomic E-state index is 12.3. The molecule has 7 heteroatoms. The van der Waals surface area contributed by atoms with E-state index in [2.05, 4.69) is 24.1 Å². The Labute approximate surface area is 154 Å². The van der Waals surface area contributed by atoms with Crippen LogP contribution in [0.2, 0.25) is 5.02 Å². The molecular weight excluding hydrogens is 342 g/mol. The maximum absolute atomic E-state index is 12.3. The number of piperidine rings is 1. The van der Waals surface area contributed by atoms with Crippen LogP contribution in [0.3, 0.4) is 0 Å².